The van der Waals surface area contributed by atoms with Crippen molar-refractivity contribution in [2.75, 3.05) is 20.2 Å². The van der Waals surface area contributed by atoms with Crippen molar-refractivity contribution in [1.29, 1.82) is 0 Å². The quantitative estimate of drug-likeness (QED) is 0.836. The molecule has 3 fully saturated rings. The monoisotopic (exact) mass is 340 g/mol. The minimum Gasteiger partial charge on any atom is -0.497 e. The van der Waals surface area contributed by atoms with Gasteiger partial charge in [0.2, 0.25) is 0 Å². The highest BCUT2D eigenvalue weighted by Gasteiger charge is 2.49. The summed E-state index contributed by atoms with van der Waals surface area (Å²) in [4.78, 5) is 6.59. The zero-order valence-corrected chi connectivity index (χ0v) is 14.4. The van der Waals surface area contributed by atoms with Crippen LogP contribution < -0.4 is 4.74 Å². The topological polar surface area (TPSA) is 65.8 Å². The first-order valence-electron chi connectivity index (χ1n) is 8.76. The number of hydrogen-bond donors (Lipinski definition) is 2. The summed E-state index contributed by atoms with van der Waals surface area (Å²) in [5, 5.41) is 22.8. The Balaban J connectivity index is 1.69. The maximum Gasteiger partial charge on any atom is 0.119 e. The van der Waals surface area contributed by atoms with Crippen LogP contribution in [0, 0.1) is 5.92 Å². The molecular formula is C20H24N2O3. The Bertz CT molecular complexity index is 809. The van der Waals surface area contributed by atoms with Gasteiger partial charge in [-0.3, -0.25) is 9.88 Å². The van der Waals surface area contributed by atoms with E-state index < -0.39 is 11.7 Å². The highest BCUT2D eigenvalue weighted by molar-refractivity contribution is 5.83. The van der Waals surface area contributed by atoms with E-state index in [9.17, 15) is 10.2 Å². The van der Waals surface area contributed by atoms with Crippen LogP contribution in [-0.2, 0) is 0 Å². The molecule has 0 spiro atoms. The van der Waals surface area contributed by atoms with Gasteiger partial charge in [-0.15, -0.1) is 6.58 Å². The smallest absolute Gasteiger partial charge is 0.119 e. The van der Waals surface area contributed by atoms with E-state index in [-0.39, 0.29) is 12.0 Å². The van der Waals surface area contributed by atoms with Crippen LogP contribution in [0.25, 0.3) is 10.9 Å². The summed E-state index contributed by atoms with van der Waals surface area (Å²) in [6, 6.07) is 7.60. The molecule has 0 saturated carbocycles. The summed E-state index contributed by atoms with van der Waals surface area (Å²) in [6.45, 7) is 5.24. The van der Waals surface area contributed by atoms with Gasteiger partial charge in [-0.1, -0.05) is 6.08 Å². The van der Waals surface area contributed by atoms with Gasteiger partial charge in [0.25, 0.3) is 0 Å². The Hall–Kier alpha value is -1.95. The van der Waals surface area contributed by atoms with Gasteiger partial charge in [0, 0.05) is 24.2 Å². The summed E-state index contributed by atoms with van der Waals surface area (Å²) in [7, 11) is 1.63. The second-order valence-corrected chi connectivity index (χ2v) is 7.18. The molecule has 5 rings (SSSR count). The van der Waals surface area contributed by atoms with Crippen molar-refractivity contribution in [2.24, 2.45) is 5.92 Å². The second kappa shape index (κ2) is 6.09. The van der Waals surface area contributed by atoms with Crippen molar-refractivity contribution < 1.29 is 14.9 Å². The minimum atomic E-state index is -0.835. The van der Waals surface area contributed by atoms with Crippen LogP contribution in [0.4, 0.5) is 0 Å². The summed E-state index contributed by atoms with van der Waals surface area (Å²) >= 11 is 0. The molecule has 5 atom stereocenters. The predicted octanol–water partition coefficient (Wildman–Crippen LogP) is 2.29. The minimum absolute atomic E-state index is 0.00391. The lowest BCUT2D eigenvalue weighted by Gasteiger charge is -2.54. The number of fused-ring (bicyclic) bond motifs is 4. The Morgan fingerprint density at radius 2 is 2.28 bits per heavy atom. The average molecular weight is 340 g/mol. The first-order valence-corrected chi connectivity index (χ1v) is 8.76. The molecule has 3 aliphatic rings. The van der Waals surface area contributed by atoms with Gasteiger partial charge >= 0.3 is 0 Å². The third-order valence-corrected chi connectivity index (χ3v) is 5.94. The predicted molar refractivity (Wildman–Crippen MR) is 96.5 cm³/mol. The standard InChI is InChI=1S/C20H24N2O3/c1-3-20(24)12-22-9-7-13(20)10-18(22)19(23)15-6-8-21-17-5-4-14(25-2)11-16(15)17/h3-6,8,11,13,18-19,23-24H,1,7,9-10,12H2,2H3/t13?,18-,19?,20+/m0/s1. The Labute approximate surface area is 147 Å². The summed E-state index contributed by atoms with van der Waals surface area (Å²) in [5.41, 5.74) is 0.873. The molecule has 2 N–H and O–H groups in total. The maximum atomic E-state index is 11.2. The van der Waals surface area contributed by atoms with Crippen LogP contribution >= 0.6 is 0 Å². The van der Waals surface area contributed by atoms with Crippen molar-refractivity contribution in [3.63, 3.8) is 0 Å². The summed E-state index contributed by atoms with van der Waals surface area (Å²) < 4.78 is 5.33. The van der Waals surface area contributed by atoms with E-state index in [1.54, 1.807) is 19.4 Å². The first-order chi connectivity index (χ1) is 12.1. The number of methoxy groups -OCH3 is 1. The van der Waals surface area contributed by atoms with E-state index in [1.807, 2.05) is 24.3 Å². The van der Waals surface area contributed by atoms with Gasteiger partial charge in [-0.2, -0.15) is 0 Å². The van der Waals surface area contributed by atoms with E-state index in [2.05, 4.69) is 16.5 Å². The van der Waals surface area contributed by atoms with Gasteiger partial charge in [0.05, 0.1) is 24.3 Å². The van der Waals surface area contributed by atoms with E-state index in [0.29, 0.717) is 6.54 Å². The van der Waals surface area contributed by atoms with Crippen molar-refractivity contribution in [2.45, 2.75) is 30.6 Å². The highest BCUT2D eigenvalue weighted by atomic mass is 16.5. The van der Waals surface area contributed by atoms with Gasteiger partial charge < -0.3 is 14.9 Å². The SMILES string of the molecule is C=C[C@@]1(O)CN2CCC1C[C@H]2C(O)c1ccnc2ccc(OC)cc12. The summed E-state index contributed by atoms with van der Waals surface area (Å²) in [6.07, 6.45) is 4.48. The molecule has 0 amide bonds. The number of piperidine rings is 3. The van der Waals surface area contributed by atoms with Gasteiger partial charge in [-0.25, -0.2) is 0 Å². The summed E-state index contributed by atoms with van der Waals surface area (Å²) in [5.74, 6) is 0.901. The molecule has 1 aromatic heterocycles. The third-order valence-electron chi connectivity index (χ3n) is 5.94. The van der Waals surface area contributed by atoms with Crippen LogP contribution in [0.3, 0.4) is 0 Å². The molecule has 5 nitrogen and oxygen atoms in total. The number of aliphatic hydroxyl groups excluding tert-OH is 1. The van der Waals surface area contributed by atoms with Crippen molar-refractivity contribution in [3.05, 3.63) is 48.7 Å². The fraction of sp³-hybridized carbons (Fsp3) is 0.450. The number of hydrogen-bond acceptors (Lipinski definition) is 5. The average Bonchev–Trinajstić information content (AvgIpc) is 2.66. The zero-order chi connectivity index (χ0) is 17.6. The molecule has 3 unspecified atom stereocenters. The van der Waals surface area contributed by atoms with Gasteiger partial charge in [0.1, 0.15) is 5.75 Å². The molecule has 5 heteroatoms. The number of rotatable bonds is 4. The van der Waals surface area contributed by atoms with Crippen molar-refractivity contribution in [3.8, 4) is 5.75 Å². The van der Waals surface area contributed by atoms with Crippen LogP contribution in [0.1, 0.15) is 24.5 Å². The zero-order valence-electron chi connectivity index (χ0n) is 14.4. The van der Waals surface area contributed by atoms with Crippen LogP contribution in [0.5, 0.6) is 5.75 Å². The molecular weight excluding hydrogens is 316 g/mol. The molecule has 0 aliphatic carbocycles. The Morgan fingerprint density at radius 3 is 2.96 bits per heavy atom. The van der Waals surface area contributed by atoms with Crippen LogP contribution in [0.15, 0.2) is 43.1 Å². The Morgan fingerprint density at radius 1 is 1.44 bits per heavy atom. The van der Waals surface area contributed by atoms with Gasteiger partial charge in [0.15, 0.2) is 0 Å². The molecule has 0 radical (unpaired) electrons. The lowest BCUT2D eigenvalue weighted by Crippen LogP contribution is -2.63. The molecule has 3 aliphatic heterocycles. The lowest BCUT2D eigenvalue weighted by atomic mass is 9.71. The van der Waals surface area contributed by atoms with Gasteiger partial charge in [-0.05, 0) is 55.1 Å². The molecule has 3 saturated heterocycles. The van der Waals surface area contributed by atoms with E-state index in [4.69, 9.17) is 4.74 Å². The van der Waals surface area contributed by atoms with Crippen LogP contribution in [-0.4, -0.2) is 51.9 Å². The number of ether oxygens (including phenoxy) is 1. The molecule has 1 aromatic carbocycles. The molecule has 25 heavy (non-hydrogen) atoms. The number of aliphatic hydroxyl groups is 2. The van der Waals surface area contributed by atoms with Crippen molar-refractivity contribution in [1.82, 2.24) is 9.88 Å². The number of aromatic nitrogens is 1. The fourth-order valence-electron chi connectivity index (χ4n) is 4.45. The van der Waals surface area contributed by atoms with Crippen molar-refractivity contribution >= 4 is 10.9 Å². The number of nitrogens with zero attached hydrogens (tertiary/aromatic N) is 2. The lowest BCUT2D eigenvalue weighted by molar-refractivity contribution is -0.127. The van der Waals surface area contributed by atoms with E-state index >= 15 is 0 Å². The third kappa shape index (κ3) is 2.63. The molecule has 2 bridgehead atoms. The Kier molecular flexibility index (Phi) is 4.02. The second-order valence-electron chi connectivity index (χ2n) is 7.18. The number of benzene rings is 1. The first kappa shape index (κ1) is 16.5. The highest BCUT2D eigenvalue weighted by Crippen LogP contribution is 2.44. The fourth-order valence-corrected chi connectivity index (χ4v) is 4.45. The van der Waals surface area contributed by atoms with Crippen LogP contribution in [0.2, 0.25) is 0 Å². The normalized spacial score (nSPS) is 32.5. The van der Waals surface area contributed by atoms with E-state index in [0.717, 1.165) is 41.6 Å². The molecule has 2 aromatic rings. The molecule has 4 heterocycles. The van der Waals surface area contributed by atoms with E-state index in [1.165, 1.54) is 0 Å². The largest absolute Gasteiger partial charge is 0.497 e. The maximum absolute atomic E-state index is 11.2. The number of pyridine rings is 1. The molecule has 132 valence electrons.